The Morgan fingerprint density at radius 3 is 2.18 bits per heavy atom. The summed E-state index contributed by atoms with van der Waals surface area (Å²) in [7, 11) is 0. The van der Waals surface area contributed by atoms with E-state index < -0.39 is 0 Å². The number of aromatic nitrogens is 1. The standard InChI is InChI=1S/C29H29ClN2O/c1-21(19-32(27-12-13-27)28-14-15-28)20-33-29-16-3-22(4-17-29)2-10-26-11-7-24(18-31-26)23-5-8-25(30)9-6-23/h3-9,11,16-18,21,27-28H,12-15,19-20H2,1H3/t21-/m0/s1. The van der Waals surface area contributed by atoms with Crippen molar-refractivity contribution in [2.24, 2.45) is 5.92 Å². The van der Waals surface area contributed by atoms with E-state index in [1.165, 1.54) is 25.7 Å². The number of hydrogen-bond donors (Lipinski definition) is 0. The maximum absolute atomic E-state index is 6.05. The third-order valence-electron chi connectivity index (χ3n) is 6.22. The van der Waals surface area contributed by atoms with Crippen molar-refractivity contribution in [3.05, 3.63) is 83.1 Å². The average molecular weight is 457 g/mol. The summed E-state index contributed by atoms with van der Waals surface area (Å²) in [5.41, 5.74) is 3.83. The number of halogens is 1. The summed E-state index contributed by atoms with van der Waals surface area (Å²) in [5.74, 6) is 7.78. The minimum Gasteiger partial charge on any atom is -0.493 e. The second kappa shape index (κ2) is 10.00. The molecule has 0 bridgehead atoms. The molecule has 1 heterocycles. The summed E-state index contributed by atoms with van der Waals surface area (Å²) in [6.07, 6.45) is 7.38. The van der Waals surface area contributed by atoms with Gasteiger partial charge in [0.2, 0.25) is 0 Å². The topological polar surface area (TPSA) is 25.4 Å². The molecule has 0 radical (unpaired) electrons. The van der Waals surface area contributed by atoms with Crippen LogP contribution in [-0.2, 0) is 0 Å². The summed E-state index contributed by atoms with van der Waals surface area (Å²) < 4.78 is 6.05. The van der Waals surface area contributed by atoms with Crippen LogP contribution >= 0.6 is 11.6 Å². The molecule has 33 heavy (non-hydrogen) atoms. The van der Waals surface area contributed by atoms with E-state index in [1.807, 2.05) is 66.9 Å². The molecular weight excluding hydrogens is 428 g/mol. The van der Waals surface area contributed by atoms with Gasteiger partial charge in [-0.1, -0.05) is 42.6 Å². The Morgan fingerprint density at radius 2 is 1.58 bits per heavy atom. The maximum atomic E-state index is 6.05. The van der Waals surface area contributed by atoms with E-state index in [4.69, 9.17) is 16.3 Å². The third kappa shape index (κ3) is 6.16. The van der Waals surface area contributed by atoms with Gasteiger partial charge < -0.3 is 4.74 Å². The zero-order valence-corrected chi connectivity index (χ0v) is 19.8. The van der Waals surface area contributed by atoms with Crippen molar-refractivity contribution in [2.45, 2.75) is 44.7 Å². The Kier molecular flexibility index (Phi) is 6.67. The molecule has 0 unspecified atom stereocenters. The third-order valence-corrected chi connectivity index (χ3v) is 6.47. The first-order valence-corrected chi connectivity index (χ1v) is 12.2. The fraction of sp³-hybridized carbons (Fsp3) is 0.345. The summed E-state index contributed by atoms with van der Waals surface area (Å²) in [6, 6.07) is 21.5. The van der Waals surface area contributed by atoms with Gasteiger partial charge in [0.25, 0.3) is 0 Å². The lowest BCUT2D eigenvalue weighted by atomic mass is 10.1. The van der Waals surface area contributed by atoms with E-state index in [0.717, 1.165) is 58.4 Å². The highest BCUT2D eigenvalue weighted by Gasteiger charge is 2.39. The first-order chi connectivity index (χ1) is 16.1. The molecule has 0 N–H and O–H groups in total. The van der Waals surface area contributed by atoms with E-state index in [2.05, 4.69) is 28.6 Å². The fourth-order valence-electron chi connectivity index (χ4n) is 4.11. The normalized spacial score (nSPS) is 16.2. The van der Waals surface area contributed by atoms with Crippen molar-refractivity contribution in [3.63, 3.8) is 0 Å². The highest BCUT2D eigenvalue weighted by atomic mass is 35.5. The summed E-state index contributed by atoms with van der Waals surface area (Å²) in [5, 5.41) is 0.730. The van der Waals surface area contributed by atoms with Gasteiger partial charge in [-0.2, -0.15) is 0 Å². The van der Waals surface area contributed by atoms with Gasteiger partial charge in [-0.05, 0) is 79.6 Å². The molecule has 168 valence electrons. The van der Waals surface area contributed by atoms with Crippen LogP contribution < -0.4 is 4.74 Å². The Morgan fingerprint density at radius 1 is 0.909 bits per heavy atom. The van der Waals surface area contributed by atoms with Crippen LogP contribution in [-0.4, -0.2) is 35.1 Å². The van der Waals surface area contributed by atoms with Crippen LogP contribution in [0.4, 0.5) is 0 Å². The van der Waals surface area contributed by atoms with Crippen molar-refractivity contribution in [3.8, 4) is 28.7 Å². The van der Waals surface area contributed by atoms with Crippen molar-refractivity contribution < 1.29 is 4.74 Å². The average Bonchev–Trinajstić information content (AvgIpc) is 3.76. The highest BCUT2D eigenvalue weighted by molar-refractivity contribution is 6.30. The Bertz CT molecular complexity index is 1110. The van der Waals surface area contributed by atoms with Crippen LogP contribution in [0.1, 0.15) is 43.9 Å². The SMILES string of the molecule is C[C@H](COc1ccc(C#Cc2ccc(-c3ccc(Cl)cc3)cn2)cc1)CN(C1CC1)C1CC1. The van der Waals surface area contributed by atoms with Crippen LogP contribution in [0.15, 0.2) is 66.9 Å². The zero-order valence-electron chi connectivity index (χ0n) is 19.0. The molecule has 0 amide bonds. The second-order valence-corrected chi connectivity index (χ2v) is 9.73. The number of benzene rings is 2. The van der Waals surface area contributed by atoms with Crippen LogP contribution in [0, 0.1) is 17.8 Å². The molecule has 0 spiro atoms. The van der Waals surface area contributed by atoms with Gasteiger partial charge in [0, 0.05) is 46.9 Å². The molecule has 1 atom stereocenters. The lowest BCUT2D eigenvalue weighted by molar-refractivity contribution is 0.173. The minimum absolute atomic E-state index is 0.535. The summed E-state index contributed by atoms with van der Waals surface area (Å²) in [4.78, 5) is 7.21. The number of rotatable bonds is 8. The van der Waals surface area contributed by atoms with Gasteiger partial charge in [0.15, 0.2) is 0 Å². The molecule has 2 saturated carbocycles. The number of pyridine rings is 1. The molecule has 3 nitrogen and oxygen atoms in total. The molecule has 2 fully saturated rings. The van der Waals surface area contributed by atoms with E-state index in [1.54, 1.807) is 0 Å². The van der Waals surface area contributed by atoms with Crippen molar-refractivity contribution in [1.82, 2.24) is 9.88 Å². The lowest BCUT2D eigenvalue weighted by Crippen LogP contribution is -2.34. The Hall–Kier alpha value is -2.80. The molecular formula is C29H29ClN2O. The monoisotopic (exact) mass is 456 g/mol. The van der Waals surface area contributed by atoms with Crippen molar-refractivity contribution in [1.29, 1.82) is 0 Å². The van der Waals surface area contributed by atoms with Crippen LogP contribution in [0.2, 0.25) is 5.02 Å². The van der Waals surface area contributed by atoms with E-state index in [-0.39, 0.29) is 0 Å². The molecule has 2 aromatic carbocycles. The number of ether oxygens (including phenoxy) is 1. The van der Waals surface area contributed by atoms with Crippen molar-refractivity contribution in [2.75, 3.05) is 13.2 Å². The number of nitrogens with zero attached hydrogens (tertiary/aromatic N) is 2. The molecule has 2 aliphatic carbocycles. The first kappa shape index (κ1) is 22.0. The van der Waals surface area contributed by atoms with Gasteiger partial charge in [0.1, 0.15) is 11.4 Å². The molecule has 4 heteroatoms. The van der Waals surface area contributed by atoms with E-state index in [0.29, 0.717) is 5.92 Å². The Labute approximate surface area is 201 Å². The smallest absolute Gasteiger partial charge is 0.119 e. The summed E-state index contributed by atoms with van der Waals surface area (Å²) >= 11 is 5.96. The fourth-order valence-corrected chi connectivity index (χ4v) is 4.24. The molecule has 3 aromatic rings. The van der Waals surface area contributed by atoms with Gasteiger partial charge in [-0.3, -0.25) is 4.90 Å². The van der Waals surface area contributed by atoms with Crippen LogP contribution in [0.25, 0.3) is 11.1 Å². The first-order valence-electron chi connectivity index (χ1n) is 11.9. The van der Waals surface area contributed by atoms with Gasteiger partial charge in [-0.25, -0.2) is 4.98 Å². The molecule has 0 saturated heterocycles. The van der Waals surface area contributed by atoms with Crippen LogP contribution in [0.3, 0.4) is 0 Å². The predicted octanol–water partition coefficient (Wildman–Crippen LogP) is 6.44. The minimum atomic E-state index is 0.535. The zero-order chi connectivity index (χ0) is 22.6. The Balaban J connectivity index is 1.13. The van der Waals surface area contributed by atoms with Gasteiger partial charge in [-0.15, -0.1) is 0 Å². The van der Waals surface area contributed by atoms with Gasteiger partial charge >= 0.3 is 0 Å². The van der Waals surface area contributed by atoms with E-state index >= 15 is 0 Å². The molecule has 0 aliphatic heterocycles. The second-order valence-electron chi connectivity index (χ2n) is 9.29. The molecule has 1 aromatic heterocycles. The quantitative estimate of drug-likeness (QED) is 0.364. The molecule has 2 aliphatic rings. The number of hydrogen-bond acceptors (Lipinski definition) is 3. The molecule has 5 rings (SSSR count). The summed E-state index contributed by atoms with van der Waals surface area (Å²) in [6.45, 7) is 4.20. The maximum Gasteiger partial charge on any atom is 0.119 e. The van der Waals surface area contributed by atoms with E-state index in [9.17, 15) is 0 Å². The lowest BCUT2D eigenvalue weighted by Gasteiger charge is -2.25. The largest absolute Gasteiger partial charge is 0.493 e. The van der Waals surface area contributed by atoms with Gasteiger partial charge in [0.05, 0.1) is 6.61 Å². The highest BCUT2D eigenvalue weighted by Crippen LogP contribution is 2.37. The van der Waals surface area contributed by atoms with Crippen molar-refractivity contribution >= 4 is 11.6 Å². The predicted molar refractivity (Wildman–Crippen MR) is 135 cm³/mol. The van der Waals surface area contributed by atoms with Crippen LogP contribution in [0.5, 0.6) is 5.75 Å².